The SMILES string of the molecule is C=CCC(C)CCc1ccc(C(/C=C\C)=C(/C=C)CCC(N)C(=C)c2ccnc(NC(C)(CC)C3CC3)c2)cn1. The summed E-state index contributed by atoms with van der Waals surface area (Å²) in [6, 6.07) is 8.26. The zero-order valence-electron chi connectivity index (χ0n) is 25.3. The van der Waals surface area contributed by atoms with Gasteiger partial charge in [0.05, 0.1) is 0 Å². The molecule has 0 bridgehead atoms. The number of aromatic nitrogens is 2. The number of nitrogens with two attached hydrogens (primary N) is 1. The molecule has 40 heavy (non-hydrogen) atoms. The Labute approximate surface area is 243 Å². The van der Waals surface area contributed by atoms with Crippen LogP contribution < -0.4 is 11.1 Å². The molecule has 0 radical (unpaired) electrons. The highest BCUT2D eigenvalue weighted by Crippen LogP contribution is 2.43. The number of rotatable bonds is 17. The smallest absolute Gasteiger partial charge is 0.126 e. The molecule has 0 spiro atoms. The van der Waals surface area contributed by atoms with Crippen LogP contribution in [0.4, 0.5) is 5.82 Å². The zero-order chi connectivity index (χ0) is 29.1. The Balaban J connectivity index is 1.68. The van der Waals surface area contributed by atoms with Gasteiger partial charge in [-0.05, 0) is 118 Å². The molecule has 3 N–H and O–H groups in total. The molecule has 2 heterocycles. The van der Waals surface area contributed by atoms with E-state index in [1.807, 2.05) is 37.5 Å². The third-order valence-corrected chi connectivity index (χ3v) is 8.45. The van der Waals surface area contributed by atoms with Crippen LogP contribution in [0.3, 0.4) is 0 Å². The summed E-state index contributed by atoms with van der Waals surface area (Å²) in [6.45, 7) is 21.2. The molecule has 3 rings (SSSR count). The summed E-state index contributed by atoms with van der Waals surface area (Å²) in [5.41, 5.74) is 13.3. The lowest BCUT2D eigenvalue weighted by Crippen LogP contribution is -2.36. The first-order valence-corrected chi connectivity index (χ1v) is 15.0. The van der Waals surface area contributed by atoms with Crippen molar-refractivity contribution in [3.63, 3.8) is 0 Å². The summed E-state index contributed by atoms with van der Waals surface area (Å²) < 4.78 is 0. The van der Waals surface area contributed by atoms with Gasteiger partial charge in [-0.25, -0.2) is 4.98 Å². The summed E-state index contributed by atoms with van der Waals surface area (Å²) in [4.78, 5) is 9.36. The lowest BCUT2D eigenvalue weighted by atomic mass is 9.91. The van der Waals surface area contributed by atoms with Gasteiger partial charge in [-0.15, -0.1) is 6.58 Å². The van der Waals surface area contributed by atoms with Crippen molar-refractivity contribution in [1.29, 1.82) is 0 Å². The normalized spacial score (nSPS) is 17.0. The lowest BCUT2D eigenvalue weighted by Gasteiger charge is -2.30. The first-order valence-electron chi connectivity index (χ1n) is 15.0. The molecular weight excluding hydrogens is 488 g/mol. The van der Waals surface area contributed by atoms with Crippen molar-refractivity contribution in [2.24, 2.45) is 17.6 Å². The third kappa shape index (κ3) is 8.63. The van der Waals surface area contributed by atoms with E-state index in [1.54, 1.807) is 0 Å². The third-order valence-electron chi connectivity index (χ3n) is 8.45. The first kappa shape index (κ1) is 31.3. The fourth-order valence-corrected chi connectivity index (χ4v) is 5.32. The highest BCUT2D eigenvalue weighted by atomic mass is 15.1. The Kier molecular flexibility index (Phi) is 11.7. The molecule has 4 heteroatoms. The Bertz CT molecular complexity index is 1200. The summed E-state index contributed by atoms with van der Waals surface area (Å²) in [6.07, 6.45) is 20.4. The second-order valence-corrected chi connectivity index (χ2v) is 11.6. The minimum atomic E-state index is -0.170. The second-order valence-electron chi connectivity index (χ2n) is 11.6. The molecule has 1 fully saturated rings. The molecule has 0 aromatic carbocycles. The maximum Gasteiger partial charge on any atom is 0.126 e. The Morgan fingerprint density at radius 3 is 2.55 bits per heavy atom. The van der Waals surface area contributed by atoms with E-state index < -0.39 is 0 Å². The molecule has 0 amide bonds. The molecule has 0 aliphatic heterocycles. The molecule has 2 aromatic heterocycles. The molecule has 1 aliphatic rings. The van der Waals surface area contributed by atoms with Gasteiger partial charge in [0, 0.05) is 35.2 Å². The number of pyridine rings is 2. The van der Waals surface area contributed by atoms with Crippen LogP contribution >= 0.6 is 0 Å². The Morgan fingerprint density at radius 1 is 1.18 bits per heavy atom. The minimum Gasteiger partial charge on any atom is -0.365 e. The highest BCUT2D eigenvalue weighted by molar-refractivity contribution is 5.78. The number of nitrogens with zero attached hydrogens (tertiary/aromatic N) is 2. The first-order chi connectivity index (χ1) is 19.2. The van der Waals surface area contributed by atoms with E-state index in [4.69, 9.17) is 10.7 Å². The van der Waals surface area contributed by atoms with E-state index in [1.165, 1.54) is 12.8 Å². The van der Waals surface area contributed by atoms with Crippen LogP contribution in [-0.4, -0.2) is 21.5 Å². The van der Waals surface area contributed by atoms with Crippen molar-refractivity contribution in [1.82, 2.24) is 9.97 Å². The fraction of sp³-hybridized carbons (Fsp3) is 0.444. The van der Waals surface area contributed by atoms with Gasteiger partial charge in [-0.2, -0.15) is 0 Å². The molecular formula is C36H50N4. The number of hydrogen-bond acceptors (Lipinski definition) is 4. The summed E-state index contributed by atoms with van der Waals surface area (Å²) >= 11 is 0. The van der Waals surface area contributed by atoms with Crippen molar-refractivity contribution in [3.05, 3.63) is 103 Å². The average Bonchev–Trinajstić information content (AvgIpc) is 3.82. The predicted molar refractivity (Wildman–Crippen MR) is 174 cm³/mol. The number of aryl methyl sites for hydroxylation is 1. The van der Waals surface area contributed by atoms with Gasteiger partial charge >= 0.3 is 0 Å². The van der Waals surface area contributed by atoms with Gasteiger partial charge in [0.2, 0.25) is 0 Å². The maximum atomic E-state index is 6.69. The molecule has 2 aromatic rings. The van der Waals surface area contributed by atoms with E-state index in [-0.39, 0.29) is 11.6 Å². The maximum absolute atomic E-state index is 6.69. The summed E-state index contributed by atoms with van der Waals surface area (Å²) in [7, 11) is 0. The molecule has 214 valence electrons. The van der Waals surface area contributed by atoms with Crippen LogP contribution in [0.1, 0.15) is 89.5 Å². The number of allylic oxidation sites excluding steroid dienone is 6. The second kappa shape index (κ2) is 14.9. The predicted octanol–water partition coefficient (Wildman–Crippen LogP) is 8.95. The topological polar surface area (TPSA) is 63.8 Å². The Morgan fingerprint density at radius 2 is 1.95 bits per heavy atom. The standard InChI is InChI=1S/C36H50N4/c1-8-12-26(5)14-19-32-20-15-30(25-39-32)33(13-9-2)28(10-3)16-21-34(37)27(6)29-22-23-38-35(24-29)40-36(7,11-4)31-17-18-31/h8-10,13,15,20,22-26,31,34H,1,3,6,11-12,14,16-19,21,37H2,2,4-5,7H3,(H,38,40)/b13-9-,33-28-. The van der Waals surface area contributed by atoms with Gasteiger partial charge in [0.1, 0.15) is 5.82 Å². The number of hydrogen-bond donors (Lipinski definition) is 2. The van der Waals surface area contributed by atoms with Crippen LogP contribution in [-0.2, 0) is 6.42 Å². The van der Waals surface area contributed by atoms with E-state index in [0.29, 0.717) is 5.92 Å². The van der Waals surface area contributed by atoms with Crippen LogP contribution in [0, 0.1) is 11.8 Å². The largest absolute Gasteiger partial charge is 0.365 e. The van der Waals surface area contributed by atoms with Crippen molar-refractivity contribution >= 4 is 17.0 Å². The van der Waals surface area contributed by atoms with Crippen molar-refractivity contribution in [2.45, 2.75) is 90.6 Å². The van der Waals surface area contributed by atoms with Crippen molar-refractivity contribution < 1.29 is 0 Å². The van der Waals surface area contributed by atoms with E-state index in [2.05, 4.69) is 81.2 Å². The van der Waals surface area contributed by atoms with Gasteiger partial charge in [-0.1, -0.05) is 57.4 Å². The lowest BCUT2D eigenvalue weighted by molar-refractivity contribution is 0.432. The molecule has 3 unspecified atom stereocenters. The number of nitrogens with one attached hydrogen (secondary N) is 1. The molecule has 3 atom stereocenters. The summed E-state index contributed by atoms with van der Waals surface area (Å²) in [5, 5.41) is 3.70. The van der Waals surface area contributed by atoms with E-state index in [0.717, 1.165) is 83.8 Å². The zero-order valence-corrected chi connectivity index (χ0v) is 25.3. The highest BCUT2D eigenvalue weighted by Gasteiger charge is 2.40. The average molecular weight is 539 g/mol. The van der Waals surface area contributed by atoms with Crippen LogP contribution in [0.15, 0.2) is 86.3 Å². The summed E-state index contributed by atoms with van der Waals surface area (Å²) in [5.74, 6) is 2.25. The fourth-order valence-electron chi connectivity index (χ4n) is 5.32. The van der Waals surface area contributed by atoms with E-state index >= 15 is 0 Å². The van der Waals surface area contributed by atoms with Gasteiger partial charge < -0.3 is 11.1 Å². The van der Waals surface area contributed by atoms with Gasteiger partial charge in [0.15, 0.2) is 0 Å². The molecule has 1 aliphatic carbocycles. The quantitative estimate of drug-likeness (QED) is 0.156. The Hall–Kier alpha value is -3.24. The molecule has 4 nitrogen and oxygen atoms in total. The van der Waals surface area contributed by atoms with E-state index in [9.17, 15) is 0 Å². The van der Waals surface area contributed by atoms with Gasteiger partial charge in [0.25, 0.3) is 0 Å². The van der Waals surface area contributed by atoms with Crippen LogP contribution in [0.2, 0.25) is 0 Å². The minimum absolute atomic E-state index is 0.0823. The van der Waals surface area contributed by atoms with Crippen LogP contribution in [0.25, 0.3) is 11.1 Å². The molecule has 1 saturated carbocycles. The molecule has 0 saturated heterocycles. The van der Waals surface area contributed by atoms with Crippen LogP contribution in [0.5, 0.6) is 0 Å². The monoisotopic (exact) mass is 538 g/mol. The van der Waals surface area contributed by atoms with Crippen molar-refractivity contribution in [3.8, 4) is 0 Å². The number of anilines is 1. The van der Waals surface area contributed by atoms with Gasteiger partial charge in [-0.3, -0.25) is 4.98 Å². The van der Waals surface area contributed by atoms with Crippen molar-refractivity contribution in [2.75, 3.05) is 5.32 Å².